The smallest absolute Gasteiger partial charge is 0.344 e. The molecule has 0 aliphatic heterocycles. The number of carbonyl (C=O) groups excluding carboxylic acids is 2. The second-order valence-corrected chi connectivity index (χ2v) is 9.17. The molecule has 0 spiro atoms. The van der Waals surface area contributed by atoms with Gasteiger partial charge in [0, 0.05) is 12.1 Å². The van der Waals surface area contributed by atoms with Crippen molar-refractivity contribution in [3.05, 3.63) is 76.0 Å². The Kier molecular flexibility index (Phi) is 6.55. The number of nitro benzene ring substituents is 1. The maximum atomic E-state index is 13.5. The van der Waals surface area contributed by atoms with Crippen molar-refractivity contribution in [2.75, 3.05) is 11.9 Å². The van der Waals surface area contributed by atoms with Gasteiger partial charge < -0.3 is 4.74 Å². The van der Waals surface area contributed by atoms with Gasteiger partial charge in [-0.25, -0.2) is 27.0 Å². The first kappa shape index (κ1) is 22.9. The Morgan fingerprint density at radius 3 is 2.34 bits per heavy atom. The molecular formula is C18H11F2N3O7S2. The summed E-state index contributed by atoms with van der Waals surface area (Å²) in [7, 11) is -4.05. The van der Waals surface area contributed by atoms with E-state index in [0.29, 0.717) is 11.3 Å². The average molecular weight is 483 g/mol. The lowest BCUT2D eigenvalue weighted by molar-refractivity contribution is -0.384. The monoisotopic (exact) mass is 483 g/mol. The van der Waals surface area contributed by atoms with E-state index in [0.717, 1.165) is 48.7 Å². The van der Waals surface area contributed by atoms with E-state index >= 15 is 0 Å². The van der Waals surface area contributed by atoms with Gasteiger partial charge in [0.25, 0.3) is 11.6 Å². The highest BCUT2D eigenvalue weighted by atomic mass is 32.2. The molecular weight excluding hydrogens is 472 g/mol. The number of benzene rings is 2. The third-order valence-corrected chi connectivity index (χ3v) is 7.00. The third-order valence-electron chi connectivity index (χ3n) is 3.85. The molecule has 1 heterocycles. The van der Waals surface area contributed by atoms with E-state index < -0.39 is 50.4 Å². The van der Waals surface area contributed by atoms with Crippen LogP contribution in [0.25, 0.3) is 0 Å². The SMILES string of the molecule is O=C(COC(=O)c1c(F)cccc1F)Nc1ncc(S(=O)(=O)c2ccc([N+](=O)[O-])cc2)s1. The quantitative estimate of drug-likeness (QED) is 0.307. The largest absolute Gasteiger partial charge is 0.452 e. The zero-order chi connectivity index (χ0) is 23.5. The molecule has 0 fully saturated rings. The Labute approximate surface area is 182 Å². The summed E-state index contributed by atoms with van der Waals surface area (Å²) < 4.78 is 56.6. The lowest BCUT2D eigenvalue weighted by Crippen LogP contribution is -2.21. The number of anilines is 1. The van der Waals surface area contributed by atoms with Gasteiger partial charge in [-0.1, -0.05) is 17.4 Å². The summed E-state index contributed by atoms with van der Waals surface area (Å²) in [5.41, 5.74) is -1.24. The van der Waals surface area contributed by atoms with Crippen molar-refractivity contribution in [2.45, 2.75) is 9.10 Å². The van der Waals surface area contributed by atoms with Crippen LogP contribution < -0.4 is 5.32 Å². The number of non-ortho nitro benzene ring substituents is 1. The fraction of sp³-hybridized carbons (Fsp3) is 0.0556. The summed E-state index contributed by atoms with van der Waals surface area (Å²) in [6.45, 7) is -0.906. The topological polar surface area (TPSA) is 146 Å². The molecule has 1 aromatic heterocycles. The lowest BCUT2D eigenvalue weighted by Gasteiger charge is -2.06. The second-order valence-electron chi connectivity index (χ2n) is 5.96. The summed E-state index contributed by atoms with van der Waals surface area (Å²) in [5, 5.41) is 12.7. The number of aromatic nitrogens is 1. The van der Waals surface area contributed by atoms with Crippen molar-refractivity contribution in [1.82, 2.24) is 4.98 Å². The number of carbonyl (C=O) groups is 2. The zero-order valence-electron chi connectivity index (χ0n) is 15.7. The normalized spacial score (nSPS) is 11.1. The summed E-state index contributed by atoms with van der Waals surface area (Å²) in [4.78, 5) is 37.2. The van der Waals surface area contributed by atoms with Crippen LogP contribution in [0.5, 0.6) is 0 Å². The fourth-order valence-electron chi connectivity index (χ4n) is 2.36. The molecule has 0 aliphatic carbocycles. The molecule has 1 amide bonds. The lowest BCUT2D eigenvalue weighted by atomic mass is 10.2. The number of amides is 1. The van der Waals surface area contributed by atoms with Crippen LogP contribution in [0, 0.1) is 21.7 Å². The van der Waals surface area contributed by atoms with E-state index in [1.54, 1.807) is 0 Å². The number of sulfone groups is 1. The van der Waals surface area contributed by atoms with Crippen LogP contribution in [-0.4, -0.2) is 36.8 Å². The number of hydrogen-bond donors (Lipinski definition) is 1. The van der Waals surface area contributed by atoms with Gasteiger partial charge in [-0.3, -0.25) is 20.2 Å². The summed E-state index contributed by atoms with van der Waals surface area (Å²) in [6.07, 6.45) is 0.970. The Morgan fingerprint density at radius 2 is 1.75 bits per heavy atom. The predicted octanol–water partition coefficient (Wildman–Crippen LogP) is 2.96. The van der Waals surface area contributed by atoms with Crippen LogP contribution in [0.4, 0.5) is 19.6 Å². The van der Waals surface area contributed by atoms with Crippen LogP contribution in [0.2, 0.25) is 0 Å². The van der Waals surface area contributed by atoms with Gasteiger partial charge in [-0.2, -0.15) is 0 Å². The van der Waals surface area contributed by atoms with E-state index in [4.69, 9.17) is 0 Å². The number of hydrogen-bond acceptors (Lipinski definition) is 9. The molecule has 0 unspecified atom stereocenters. The number of rotatable bonds is 7. The van der Waals surface area contributed by atoms with E-state index in [9.17, 15) is 36.9 Å². The zero-order valence-corrected chi connectivity index (χ0v) is 17.3. The van der Waals surface area contributed by atoms with Crippen molar-refractivity contribution in [3.63, 3.8) is 0 Å². The van der Waals surface area contributed by atoms with E-state index in [2.05, 4.69) is 15.0 Å². The van der Waals surface area contributed by atoms with Crippen LogP contribution in [0.3, 0.4) is 0 Å². The number of nitro groups is 1. The predicted molar refractivity (Wildman–Crippen MR) is 106 cm³/mol. The highest BCUT2D eigenvalue weighted by Crippen LogP contribution is 2.29. The molecule has 0 radical (unpaired) electrons. The van der Waals surface area contributed by atoms with Crippen molar-refractivity contribution < 1.29 is 36.4 Å². The van der Waals surface area contributed by atoms with Crippen molar-refractivity contribution in [3.8, 4) is 0 Å². The molecule has 0 saturated heterocycles. The minimum atomic E-state index is -4.05. The Hall–Kier alpha value is -3.78. The molecule has 0 aliphatic rings. The van der Waals surface area contributed by atoms with Gasteiger partial charge in [0.1, 0.15) is 21.4 Å². The maximum absolute atomic E-state index is 13.5. The van der Waals surface area contributed by atoms with Gasteiger partial charge in [0.2, 0.25) is 9.84 Å². The Bertz CT molecular complexity index is 1290. The summed E-state index contributed by atoms with van der Waals surface area (Å²) in [6, 6.07) is 6.94. The molecule has 0 atom stereocenters. The maximum Gasteiger partial charge on any atom is 0.344 e. The third kappa shape index (κ3) is 4.92. The van der Waals surface area contributed by atoms with Crippen molar-refractivity contribution >= 4 is 43.9 Å². The summed E-state index contributed by atoms with van der Waals surface area (Å²) in [5.74, 6) is -4.63. The minimum absolute atomic E-state index is 0.149. The van der Waals surface area contributed by atoms with Crippen molar-refractivity contribution in [2.24, 2.45) is 0 Å². The highest BCUT2D eigenvalue weighted by Gasteiger charge is 2.23. The molecule has 166 valence electrons. The van der Waals surface area contributed by atoms with E-state index in [1.165, 1.54) is 0 Å². The van der Waals surface area contributed by atoms with Crippen molar-refractivity contribution in [1.29, 1.82) is 0 Å². The number of ether oxygens (including phenoxy) is 1. The standard InChI is InChI=1S/C18H11F2N3O7S2/c19-12-2-1-3-13(20)16(12)17(25)30-9-14(24)22-18-21-8-15(31-18)32(28,29)11-6-4-10(5-7-11)23(26)27/h1-8H,9H2,(H,21,22,24). The average Bonchev–Trinajstić information content (AvgIpc) is 3.21. The Morgan fingerprint density at radius 1 is 1.12 bits per heavy atom. The van der Waals surface area contributed by atoms with Crippen LogP contribution in [0.1, 0.15) is 10.4 Å². The molecule has 3 aromatic rings. The first-order chi connectivity index (χ1) is 15.1. The fourth-order valence-corrected chi connectivity index (χ4v) is 4.80. The highest BCUT2D eigenvalue weighted by molar-refractivity contribution is 7.93. The minimum Gasteiger partial charge on any atom is -0.452 e. The number of halogens is 2. The molecule has 0 saturated carbocycles. The number of nitrogens with one attached hydrogen (secondary N) is 1. The molecule has 0 bridgehead atoms. The first-order valence-electron chi connectivity index (χ1n) is 8.46. The van der Waals surface area contributed by atoms with Gasteiger partial charge in [-0.05, 0) is 24.3 Å². The van der Waals surface area contributed by atoms with Gasteiger partial charge >= 0.3 is 5.97 Å². The van der Waals surface area contributed by atoms with E-state index in [-0.39, 0.29) is 19.9 Å². The molecule has 10 nitrogen and oxygen atoms in total. The Balaban J connectivity index is 1.65. The van der Waals surface area contributed by atoms with Crippen LogP contribution in [0.15, 0.2) is 57.8 Å². The van der Waals surface area contributed by atoms with Gasteiger partial charge in [0.15, 0.2) is 11.7 Å². The first-order valence-corrected chi connectivity index (χ1v) is 10.8. The molecule has 32 heavy (non-hydrogen) atoms. The second kappa shape index (κ2) is 9.15. The molecule has 1 N–H and O–H groups in total. The number of thiazole rings is 1. The van der Waals surface area contributed by atoms with Gasteiger partial charge in [0.05, 0.1) is 16.0 Å². The van der Waals surface area contributed by atoms with E-state index in [1.807, 2.05) is 0 Å². The molecule has 2 aromatic carbocycles. The number of nitrogens with zero attached hydrogens (tertiary/aromatic N) is 2. The van der Waals surface area contributed by atoms with Gasteiger partial charge in [-0.15, -0.1) is 0 Å². The summed E-state index contributed by atoms with van der Waals surface area (Å²) >= 11 is 0.584. The van der Waals surface area contributed by atoms with Crippen LogP contribution in [-0.2, 0) is 19.4 Å². The molecule has 14 heteroatoms. The molecule has 3 rings (SSSR count). The number of esters is 1. The van der Waals surface area contributed by atoms with Crippen LogP contribution >= 0.6 is 11.3 Å².